The molecule has 1 aromatic rings. The monoisotopic (exact) mass is 346 g/mol. The molecule has 1 aromatic carbocycles. The number of nitrogens with one attached hydrogen (secondary N) is 1. The number of morpholine rings is 1. The molecule has 136 valence electrons. The molecule has 2 fully saturated rings. The minimum absolute atomic E-state index is 0.0406. The van der Waals surface area contributed by atoms with Crippen LogP contribution >= 0.6 is 0 Å². The van der Waals surface area contributed by atoms with Gasteiger partial charge >= 0.3 is 0 Å². The second-order valence-corrected chi connectivity index (χ2v) is 7.00. The zero-order valence-corrected chi connectivity index (χ0v) is 14.5. The van der Waals surface area contributed by atoms with Crippen LogP contribution in [0.2, 0.25) is 0 Å². The van der Waals surface area contributed by atoms with E-state index in [1.165, 1.54) is 5.56 Å². The molecule has 0 saturated carbocycles. The van der Waals surface area contributed by atoms with Crippen molar-refractivity contribution in [2.24, 2.45) is 0 Å². The summed E-state index contributed by atoms with van der Waals surface area (Å²) in [7, 11) is 0. The standard InChI is InChI=1S/C19H26N2O4/c22-19(20-15-3-5-17-14(12-15)2-1-9-24-17)18-6-4-16(25-18)13-21-7-10-23-11-8-21/h3,5,12,16,18H,1-2,4,6-11,13H2,(H,20,22)/t16-,18+/m1/s1. The topological polar surface area (TPSA) is 60.0 Å². The van der Waals surface area contributed by atoms with E-state index in [0.717, 1.165) is 76.6 Å². The first-order chi connectivity index (χ1) is 12.3. The van der Waals surface area contributed by atoms with E-state index in [9.17, 15) is 4.79 Å². The van der Waals surface area contributed by atoms with Crippen molar-refractivity contribution in [3.05, 3.63) is 23.8 Å². The first-order valence-corrected chi connectivity index (χ1v) is 9.30. The van der Waals surface area contributed by atoms with E-state index in [1.54, 1.807) is 0 Å². The number of carbonyl (C=O) groups is 1. The number of amides is 1. The molecular formula is C19H26N2O4. The summed E-state index contributed by atoms with van der Waals surface area (Å²) in [4.78, 5) is 14.9. The molecule has 6 heteroatoms. The van der Waals surface area contributed by atoms with Gasteiger partial charge in [0.1, 0.15) is 11.9 Å². The Morgan fingerprint density at radius 3 is 2.96 bits per heavy atom. The summed E-state index contributed by atoms with van der Waals surface area (Å²) < 4.78 is 17.0. The molecule has 2 atom stereocenters. The van der Waals surface area contributed by atoms with Crippen LogP contribution in [0.25, 0.3) is 0 Å². The lowest BCUT2D eigenvalue weighted by Gasteiger charge is -2.28. The van der Waals surface area contributed by atoms with Crippen LogP contribution in [-0.2, 0) is 20.7 Å². The van der Waals surface area contributed by atoms with Gasteiger partial charge in [-0.25, -0.2) is 0 Å². The third kappa shape index (κ3) is 4.14. The van der Waals surface area contributed by atoms with Gasteiger partial charge in [0.15, 0.2) is 0 Å². The molecule has 3 aliphatic heterocycles. The van der Waals surface area contributed by atoms with Crippen molar-refractivity contribution in [3.63, 3.8) is 0 Å². The Balaban J connectivity index is 1.29. The van der Waals surface area contributed by atoms with Crippen molar-refractivity contribution in [2.75, 3.05) is 44.8 Å². The number of benzene rings is 1. The molecule has 3 heterocycles. The Hall–Kier alpha value is -1.63. The summed E-state index contributed by atoms with van der Waals surface area (Å²) in [5, 5.41) is 3.01. The fourth-order valence-electron chi connectivity index (χ4n) is 3.77. The first kappa shape index (κ1) is 16.8. The molecule has 1 amide bonds. The van der Waals surface area contributed by atoms with Crippen LogP contribution in [0, 0.1) is 0 Å². The molecule has 3 aliphatic rings. The Kier molecular flexibility index (Phi) is 5.20. The van der Waals surface area contributed by atoms with E-state index in [4.69, 9.17) is 14.2 Å². The normalized spacial score (nSPS) is 26.7. The molecular weight excluding hydrogens is 320 g/mol. The lowest BCUT2D eigenvalue weighted by Crippen LogP contribution is -2.41. The van der Waals surface area contributed by atoms with Gasteiger partial charge in [0.05, 0.1) is 25.9 Å². The number of rotatable bonds is 4. The highest BCUT2D eigenvalue weighted by Crippen LogP contribution is 2.28. The molecule has 0 unspecified atom stereocenters. The third-order valence-corrected chi connectivity index (χ3v) is 5.14. The minimum Gasteiger partial charge on any atom is -0.493 e. The number of hydrogen-bond acceptors (Lipinski definition) is 5. The van der Waals surface area contributed by atoms with Crippen LogP contribution < -0.4 is 10.1 Å². The molecule has 4 rings (SSSR count). The van der Waals surface area contributed by atoms with Gasteiger partial charge < -0.3 is 19.5 Å². The highest BCUT2D eigenvalue weighted by molar-refractivity contribution is 5.94. The number of hydrogen-bond donors (Lipinski definition) is 1. The van der Waals surface area contributed by atoms with Crippen LogP contribution in [0.3, 0.4) is 0 Å². The zero-order chi connectivity index (χ0) is 17.1. The molecule has 1 N–H and O–H groups in total. The number of ether oxygens (including phenoxy) is 3. The predicted molar refractivity (Wildman–Crippen MR) is 94.0 cm³/mol. The Morgan fingerprint density at radius 2 is 2.08 bits per heavy atom. The average Bonchev–Trinajstić information content (AvgIpc) is 3.11. The third-order valence-electron chi connectivity index (χ3n) is 5.14. The summed E-state index contributed by atoms with van der Waals surface area (Å²) in [5.74, 6) is 0.896. The number of carbonyl (C=O) groups excluding carboxylic acids is 1. The van der Waals surface area contributed by atoms with Gasteiger partial charge in [0, 0.05) is 25.3 Å². The second kappa shape index (κ2) is 7.72. The van der Waals surface area contributed by atoms with Gasteiger partial charge in [0.25, 0.3) is 5.91 Å². The molecule has 0 aliphatic carbocycles. The SMILES string of the molecule is O=C(Nc1ccc2c(c1)CCCO2)[C@@H]1CC[C@H](CN2CCOCC2)O1. The summed E-state index contributed by atoms with van der Waals surface area (Å²) in [6, 6.07) is 5.87. The zero-order valence-electron chi connectivity index (χ0n) is 14.5. The fraction of sp³-hybridized carbons (Fsp3) is 0.632. The highest BCUT2D eigenvalue weighted by Gasteiger charge is 2.32. The van der Waals surface area contributed by atoms with Crippen molar-refractivity contribution < 1.29 is 19.0 Å². The lowest BCUT2D eigenvalue weighted by molar-refractivity contribution is -0.127. The molecule has 0 spiro atoms. The van der Waals surface area contributed by atoms with E-state index < -0.39 is 0 Å². The Labute approximate surface area is 148 Å². The van der Waals surface area contributed by atoms with Crippen molar-refractivity contribution in [1.29, 1.82) is 0 Å². The lowest BCUT2D eigenvalue weighted by atomic mass is 10.1. The van der Waals surface area contributed by atoms with E-state index >= 15 is 0 Å². The van der Waals surface area contributed by atoms with Gasteiger partial charge in [-0.1, -0.05) is 0 Å². The quantitative estimate of drug-likeness (QED) is 0.901. The Bertz CT molecular complexity index is 615. The van der Waals surface area contributed by atoms with Crippen molar-refractivity contribution in [2.45, 2.75) is 37.9 Å². The molecule has 0 aromatic heterocycles. The van der Waals surface area contributed by atoms with E-state index in [0.29, 0.717) is 0 Å². The van der Waals surface area contributed by atoms with E-state index in [2.05, 4.69) is 10.2 Å². The van der Waals surface area contributed by atoms with Crippen LogP contribution in [-0.4, -0.2) is 62.5 Å². The van der Waals surface area contributed by atoms with Gasteiger partial charge in [-0.05, 0) is 49.4 Å². The number of nitrogens with zero attached hydrogens (tertiary/aromatic N) is 1. The fourth-order valence-corrected chi connectivity index (χ4v) is 3.77. The van der Waals surface area contributed by atoms with Gasteiger partial charge in [0.2, 0.25) is 0 Å². The maximum Gasteiger partial charge on any atom is 0.253 e. The van der Waals surface area contributed by atoms with Crippen molar-refractivity contribution in [1.82, 2.24) is 4.90 Å². The van der Waals surface area contributed by atoms with Crippen LogP contribution in [0.15, 0.2) is 18.2 Å². The minimum atomic E-state index is -0.349. The summed E-state index contributed by atoms with van der Waals surface area (Å²) in [5.41, 5.74) is 2.00. The largest absolute Gasteiger partial charge is 0.493 e. The number of anilines is 1. The van der Waals surface area contributed by atoms with Crippen molar-refractivity contribution >= 4 is 11.6 Å². The summed E-state index contributed by atoms with van der Waals surface area (Å²) >= 11 is 0. The summed E-state index contributed by atoms with van der Waals surface area (Å²) in [6.45, 7) is 5.15. The van der Waals surface area contributed by atoms with E-state index in [1.807, 2.05) is 18.2 Å². The number of aryl methyl sites for hydroxylation is 1. The molecule has 0 radical (unpaired) electrons. The van der Waals surface area contributed by atoms with Crippen LogP contribution in [0.1, 0.15) is 24.8 Å². The van der Waals surface area contributed by atoms with Crippen molar-refractivity contribution in [3.8, 4) is 5.75 Å². The molecule has 6 nitrogen and oxygen atoms in total. The maximum atomic E-state index is 12.5. The summed E-state index contributed by atoms with van der Waals surface area (Å²) in [6.07, 6.45) is 3.55. The average molecular weight is 346 g/mol. The number of fused-ring (bicyclic) bond motifs is 1. The van der Waals surface area contributed by atoms with Gasteiger partial charge in [-0.2, -0.15) is 0 Å². The van der Waals surface area contributed by atoms with E-state index in [-0.39, 0.29) is 18.1 Å². The smallest absolute Gasteiger partial charge is 0.253 e. The maximum absolute atomic E-state index is 12.5. The molecule has 25 heavy (non-hydrogen) atoms. The second-order valence-electron chi connectivity index (χ2n) is 7.00. The van der Waals surface area contributed by atoms with Gasteiger partial charge in [-0.3, -0.25) is 9.69 Å². The van der Waals surface area contributed by atoms with Crippen LogP contribution in [0.4, 0.5) is 5.69 Å². The van der Waals surface area contributed by atoms with Gasteiger partial charge in [-0.15, -0.1) is 0 Å². The molecule has 0 bridgehead atoms. The molecule has 2 saturated heterocycles. The first-order valence-electron chi connectivity index (χ1n) is 9.30. The Morgan fingerprint density at radius 1 is 1.20 bits per heavy atom. The highest BCUT2D eigenvalue weighted by atomic mass is 16.5. The predicted octanol–water partition coefficient (Wildman–Crippen LogP) is 1.83. The van der Waals surface area contributed by atoms with Crippen LogP contribution in [0.5, 0.6) is 5.75 Å².